The number of carbonyl (C=O) groups is 1. The number of halogens is 1. The lowest BCUT2D eigenvalue weighted by atomic mass is 9.95. The van der Waals surface area contributed by atoms with Gasteiger partial charge in [-0.1, -0.05) is 17.7 Å². The summed E-state index contributed by atoms with van der Waals surface area (Å²) in [6.45, 7) is 8.01. The topological polar surface area (TPSA) is 81.7 Å². The number of hydrogen-bond acceptors (Lipinski definition) is 6. The van der Waals surface area contributed by atoms with Crippen LogP contribution in [0.3, 0.4) is 0 Å². The minimum Gasteiger partial charge on any atom is -0.353 e. The first kappa shape index (κ1) is 20.4. The van der Waals surface area contributed by atoms with Crippen LogP contribution in [0, 0.1) is 5.92 Å². The first-order valence-electron chi connectivity index (χ1n) is 11.3. The van der Waals surface area contributed by atoms with Crippen LogP contribution < -0.4 is 15.1 Å². The molecule has 0 radical (unpaired) electrons. The highest BCUT2D eigenvalue weighted by Gasteiger charge is 2.45. The Labute approximate surface area is 196 Å². The van der Waals surface area contributed by atoms with Crippen molar-refractivity contribution in [1.82, 2.24) is 24.7 Å². The van der Waals surface area contributed by atoms with E-state index in [0.717, 1.165) is 31.0 Å². The maximum Gasteiger partial charge on any atom is 0.228 e. The van der Waals surface area contributed by atoms with Gasteiger partial charge in [0.1, 0.15) is 10.7 Å². The largest absolute Gasteiger partial charge is 0.353 e. The fourth-order valence-corrected chi connectivity index (χ4v) is 4.90. The Morgan fingerprint density at radius 2 is 2.03 bits per heavy atom. The summed E-state index contributed by atoms with van der Waals surface area (Å²) >= 11 is 6.42. The summed E-state index contributed by atoms with van der Waals surface area (Å²) in [5.74, 6) is 1.29. The predicted molar refractivity (Wildman–Crippen MR) is 126 cm³/mol. The van der Waals surface area contributed by atoms with Crippen LogP contribution in [0.4, 0.5) is 11.8 Å². The summed E-state index contributed by atoms with van der Waals surface area (Å²) in [5, 5.41) is 3.71. The second kappa shape index (κ2) is 7.41. The number of nitrogens with one attached hydrogen (secondary N) is 1. The molecule has 0 bridgehead atoms. The van der Waals surface area contributed by atoms with Crippen LogP contribution in [0.5, 0.6) is 0 Å². The van der Waals surface area contributed by atoms with E-state index >= 15 is 0 Å². The molecular formula is C23H26ClN8O+. The first-order chi connectivity index (χ1) is 15.9. The van der Waals surface area contributed by atoms with Crippen LogP contribution in [0.1, 0.15) is 19.5 Å². The third-order valence-electron chi connectivity index (χ3n) is 6.77. The molecule has 2 fully saturated rings. The number of pyridine rings is 1. The van der Waals surface area contributed by atoms with E-state index in [1.807, 2.05) is 48.8 Å². The molecule has 2 saturated heterocycles. The van der Waals surface area contributed by atoms with Crippen LogP contribution in [0.25, 0.3) is 5.65 Å². The molecule has 3 aromatic heterocycles. The molecule has 3 aliphatic rings. The Kier molecular flexibility index (Phi) is 4.58. The molecule has 6 heterocycles. The SMILES string of the molecule is CC(C)(NC(=O)C1CN(c2nc(N3CC=[N+]4CC4C3)ncc2Cl)C1)c1cnc2ccccn12. The monoisotopic (exact) mass is 465 g/mol. The fraction of sp³-hybridized carbons (Fsp3) is 0.435. The van der Waals surface area contributed by atoms with Crippen molar-refractivity contribution in [3.63, 3.8) is 0 Å². The molecule has 0 aliphatic carbocycles. The molecule has 0 aromatic carbocycles. The van der Waals surface area contributed by atoms with E-state index in [2.05, 4.69) is 35.9 Å². The van der Waals surface area contributed by atoms with Crippen molar-refractivity contribution in [2.24, 2.45) is 5.92 Å². The van der Waals surface area contributed by atoms with Crippen LogP contribution in [-0.4, -0.2) is 74.8 Å². The Morgan fingerprint density at radius 1 is 1.18 bits per heavy atom. The van der Waals surface area contributed by atoms with Gasteiger partial charge in [0.15, 0.2) is 12.0 Å². The number of amides is 1. The summed E-state index contributed by atoms with van der Waals surface area (Å²) in [6.07, 6.45) is 7.65. The number of fused-ring (bicyclic) bond motifs is 2. The third-order valence-corrected chi connectivity index (χ3v) is 7.03. The van der Waals surface area contributed by atoms with Gasteiger partial charge < -0.3 is 19.5 Å². The van der Waals surface area contributed by atoms with Crippen LogP contribution >= 0.6 is 11.6 Å². The molecule has 1 atom stereocenters. The first-order valence-corrected chi connectivity index (χ1v) is 11.6. The standard InChI is InChI=1S/C23H25ClN8O/c1-23(2,18-10-25-19-5-3-4-6-32(18)19)28-21(33)15-11-31(12-15)20-17(24)9-26-22(27-20)30-8-7-29-13-16(29)14-30/h3-7,9-10,15-16H,8,11-14H2,1-2H3/p+1. The van der Waals surface area contributed by atoms with E-state index in [9.17, 15) is 4.79 Å². The second-order valence-corrected chi connectivity index (χ2v) is 9.98. The van der Waals surface area contributed by atoms with Gasteiger partial charge in [0, 0.05) is 19.3 Å². The molecule has 170 valence electrons. The number of nitrogens with zero attached hydrogens (tertiary/aromatic N) is 7. The van der Waals surface area contributed by atoms with Gasteiger partial charge in [-0.2, -0.15) is 4.98 Å². The fourth-order valence-electron chi connectivity index (χ4n) is 4.69. The van der Waals surface area contributed by atoms with Gasteiger partial charge in [-0.05, 0) is 26.0 Å². The van der Waals surface area contributed by atoms with E-state index in [4.69, 9.17) is 16.6 Å². The van der Waals surface area contributed by atoms with Gasteiger partial charge in [-0.15, -0.1) is 0 Å². The lowest BCUT2D eigenvalue weighted by Crippen LogP contribution is -2.57. The molecule has 33 heavy (non-hydrogen) atoms. The van der Waals surface area contributed by atoms with Gasteiger partial charge >= 0.3 is 0 Å². The summed E-state index contributed by atoms with van der Waals surface area (Å²) < 4.78 is 4.34. The molecule has 1 unspecified atom stereocenters. The van der Waals surface area contributed by atoms with Gasteiger partial charge in [0.2, 0.25) is 24.4 Å². The molecule has 10 heteroatoms. The minimum absolute atomic E-state index is 0.0204. The number of hydrogen-bond donors (Lipinski definition) is 1. The Morgan fingerprint density at radius 3 is 2.85 bits per heavy atom. The summed E-state index contributed by atoms with van der Waals surface area (Å²) in [5.41, 5.74) is 1.25. The van der Waals surface area contributed by atoms with Gasteiger partial charge in [-0.25, -0.2) is 14.5 Å². The zero-order valence-corrected chi connectivity index (χ0v) is 19.4. The van der Waals surface area contributed by atoms with E-state index in [1.54, 1.807) is 6.20 Å². The zero-order valence-electron chi connectivity index (χ0n) is 18.6. The maximum absolute atomic E-state index is 13.0. The van der Waals surface area contributed by atoms with Crippen LogP contribution in [0.2, 0.25) is 5.02 Å². The molecule has 1 N–H and O–H groups in total. The van der Waals surface area contributed by atoms with Crippen molar-refractivity contribution >= 4 is 41.1 Å². The van der Waals surface area contributed by atoms with Crippen LogP contribution in [0.15, 0.2) is 36.8 Å². The normalized spacial score (nSPS) is 20.3. The lowest BCUT2D eigenvalue weighted by Gasteiger charge is -2.41. The molecule has 9 nitrogen and oxygen atoms in total. The van der Waals surface area contributed by atoms with Gasteiger partial charge in [-0.3, -0.25) is 4.79 Å². The van der Waals surface area contributed by atoms with Crippen molar-refractivity contribution in [3.05, 3.63) is 47.5 Å². The lowest BCUT2D eigenvalue weighted by molar-refractivity contribution is -0.356. The quantitative estimate of drug-likeness (QED) is 0.455. The molecular weight excluding hydrogens is 440 g/mol. The highest BCUT2D eigenvalue weighted by molar-refractivity contribution is 6.32. The molecule has 6 rings (SSSR count). The van der Waals surface area contributed by atoms with Crippen molar-refractivity contribution < 1.29 is 9.37 Å². The van der Waals surface area contributed by atoms with Crippen LogP contribution in [-0.2, 0) is 10.3 Å². The highest BCUT2D eigenvalue weighted by Crippen LogP contribution is 2.32. The smallest absolute Gasteiger partial charge is 0.228 e. The predicted octanol–water partition coefficient (Wildman–Crippen LogP) is 1.55. The number of aromatic nitrogens is 4. The summed E-state index contributed by atoms with van der Waals surface area (Å²) in [4.78, 5) is 30.9. The molecule has 0 saturated carbocycles. The Balaban J connectivity index is 1.12. The van der Waals surface area contributed by atoms with Crippen molar-refractivity contribution in [2.45, 2.75) is 25.4 Å². The molecule has 0 spiro atoms. The Hall–Kier alpha value is -3.20. The summed E-state index contributed by atoms with van der Waals surface area (Å²) in [7, 11) is 0. The highest BCUT2D eigenvalue weighted by atomic mass is 35.5. The molecule has 1 amide bonds. The van der Waals surface area contributed by atoms with E-state index in [1.165, 1.54) is 0 Å². The summed E-state index contributed by atoms with van der Waals surface area (Å²) in [6, 6.07) is 6.44. The van der Waals surface area contributed by atoms with Crippen molar-refractivity contribution in [2.75, 3.05) is 42.5 Å². The average molecular weight is 466 g/mol. The second-order valence-electron chi connectivity index (χ2n) is 9.57. The number of imidazole rings is 1. The van der Waals surface area contributed by atoms with E-state index in [-0.39, 0.29) is 11.8 Å². The Bertz CT molecular complexity index is 1280. The van der Waals surface area contributed by atoms with E-state index < -0.39 is 5.54 Å². The van der Waals surface area contributed by atoms with Crippen molar-refractivity contribution in [1.29, 1.82) is 0 Å². The number of carbonyl (C=O) groups excluding carboxylic acids is 1. The minimum atomic E-state index is -0.556. The number of rotatable bonds is 5. The van der Waals surface area contributed by atoms with Crippen molar-refractivity contribution in [3.8, 4) is 0 Å². The zero-order chi connectivity index (χ0) is 22.7. The van der Waals surface area contributed by atoms with Gasteiger partial charge in [0.05, 0.1) is 42.6 Å². The average Bonchev–Trinajstić information content (AvgIpc) is 3.40. The molecule has 3 aromatic rings. The third kappa shape index (κ3) is 3.60. The number of anilines is 2. The maximum atomic E-state index is 13.0. The van der Waals surface area contributed by atoms with E-state index in [0.29, 0.717) is 35.9 Å². The van der Waals surface area contributed by atoms with Gasteiger partial charge in [0.25, 0.3) is 0 Å². The molecule has 3 aliphatic heterocycles.